The Bertz CT molecular complexity index is 330. The van der Waals surface area contributed by atoms with E-state index in [4.69, 9.17) is 0 Å². The van der Waals surface area contributed by atoms with Gasteiger partial charge >= 0.3 is 0 Å². The zero-order chi connectivity index (χ0) is 13.9. The quantitative estimate of drug-likeness (QED) is 0.834. The van der Waals surface area contributed by atoms with Crippen LogP contribution in [0.5, 0.6) is 0 Å². The highest BCUT2D eigenvalue weighted by atomic mass is 15.3. The van der Waals surface area contributed by atoms with Crippen LogP contribution in [-0.4, -0.2) is 60.6 Å². The van der Waals surface area contributed by atoms with Crippen LogP contribution in [0.3, 0.4) is 0 Å². The number of hydrogen-bond donors (Lipinski definition) is 1. The van der Waals surface area contributed by atoms with Crippen molar-refractivity contribution in [3.8, 4) is 6.07 Å². The number of hydrogen-bond acceptors (Lipinski definition) is 4. The van der Waals surface area contributed by atoms with Crippen molar-refractivity contribution in [1.82, 2.24) is 15.1 Å². The van der Waals surface area contributed by atoms with Gasteiger partial charge in [0.05, 0.1) is 6.07 Å². The molecule has 3 unspecified atom stereocenters. The van der Waals surface area contributed by atoms with Crippen molar-refractivity contribution in [3.05, 3.63) is 0 Å². The molecule has 0 aromatic heterocycles. The summed E-state index contributed by atoms with van der Waals surface area (Å²) >= 11 is 0. The minimum Gasteiger partial charge on any atom is -0.302 e. The molecule has 1 N–H and O–H groups in total. The zero-order valence-electron chi connectivity index (χ0n) is 12.7. The molecular formula is C15H28N4. The summed E-state index contributed by atoms with van der Waals surface area (Å²) in [6.07, 6.45) is 4.39. The molecule has 3 atom stereocenters. The van der Waals surface area contributed by atoms with Crippen molar-refractivity contribution in [1.29, 1.82) is 5.26 Å². The molecule has 0 aromatic rings. The molecule has 1 saturated carbocycles. The summed E-state index contributed by atoms with van der Waals surface area (Å²) in [7, 11) is 1.92. The van der Waals surface area contributed by atoms with E-state index >= 15 is 0 Å². The third-order valence-electron chi connectivity index (χ3n) is 5.26. The lowest BCUT2D eigenvalue weighted by atomic mass is 9.99. The van der Waals surface area contributed by atoms with Crippen LogP contribution in [-0.2, 0) is 0 Å². The van der Waals surface area contributed by atoms with Crippen LogP contribution < -0.4 is 5.32 Å². The number of rotatable bonds is 4. The molecule has 1 aliphatic carbocycles. The summed E-state index contributed by atoms with van der Waals surface area (Å²) in [5.74, 6) is 0. The first-order valence-electron chi connectivity index (χ1n) is 7.72. The van der Waals surface area contributed by atoms with Crippen molar-refractivity contribution < 1.29 is 0 Å². The molecule has 4 nitrogen and oxygen atoms in total. The third-order valence-corrected chi connectivity index (χ3v) is 5.26. The Labute approximate surface area is 117 Å². The van der Waals surface area contributed by atoms with Gasteiger partial charge in [-0.05, 0) is 39.7 Å². The molecule has 0 bridgehead atoms. The molecule has 1 aliphatic heterocycles. The number of piperazine rings is 1. The van der Waals surface area contributed by atoms with Gasteiger partial charge in [0.2, 0.25) is 0 Å². The molecule has 0 radical (unpaired) electrons. The number of nitrogens with one attached hydrogen (secondary N) is 1. The molecule has 1 saturated heterocycles. The molecule has 108 valence electrons. The van der Waals surface area contributed by atoms with Crippen LogP contribution in [0.25, 0.3) is 0 Å². The van der Waals surface area contributed by atoms with Crippen molar-refractivity contribution >= 4 is 0 Å². The molecule has 1 heterocycles. The summed E-state index contributed by atoms with van der Waals surface area (Å²) in [5, 5.41) is 12.6. The van der Waals surface area contributed by atoms with Gasteiger partial charge in [-0.15, -0.1) is 0 Å². The molecule has 2 aliphatic rings. The highest BCUT2D eigenvalue weighted by molar-refractivity contribution is 5.13. The van der Waals surface area contributed by atoms with Gasteiger partial charge in [-0.25, -0.2) is 0 Å². The highest BCUT2D eigenvalue weighted by Crippen LogP contribution is 2.33. The topological polar surface area (TPSA) is 42.3 Å². The Morgan fingerprint density at radius 2 is 2.05 bits per heavy atom. The van der Waals surface area contributed by atoms with Crippen molar-refractivity contribution in [3.63, 3.8) is 0 Å². The average Bonchev–Trinajstić information content (AvgIpc) is 2.92. The average molecular weight is 264 g/mol. The van der Waals surface area contributed by atoms with Gasteiger partial charge in [-0.3, -0.25) is 9.80 Å². The fourth-order valence-corrected chi connectivity index (χ4v) is 3.52. The van der Waals surface area contributed by atoms with Crippen molar-refractivity contribution in [2.24, 2.45) is 0 Å². The molecular weight excluding hydrogens is 236 g/mol. The van der Waals surface area contributed by atoms with E-state index in [0.717, 1.165) is 19.3 Å². The molecule has 2 fully saturated rings. The van der Waals surface area contributed by atoms with Gasteiger partial charge in [-0.2, -0.15) is 5.26 Å². The van der Waals surface area contributed by atoms with E-state index in [9.17, 15) is 5.26 Å². The summed E-state index contributed by atoms with van der Waals surface area (Å²) < 4.78 is 0. The maximum atomic E-state index is 9.34. The Morgan fingerprint density at radius 3 is 2.53 bits per heavy atom. The van der Waals surface area contributed by atoms with E-state index < -0.39 is 0 Å². The molecule has 0 amide bonds. The van der Waals surface area contributed by atoms with Gasteiger partial charge in [0, 0.05) is 38.3 Å². The van der Waals surface area contributed by atoms with E-state index in [1.165, 1.54) is 32.6 Å². The van der Waals surface area contributed by atoms with E-state index in [0.29, 0.717) is 12.1 Å². The maximum absolute atomic E-state index is 9.34. The van der Waals surface area contributed by atoms with Gasteiger partial charge in [0.1, 0.15) is 5.54 Å². The highest BCUT2D eigenvalue weighted by Gasteiger charge is 2.41. The first kappa shape index (κ1) is 14.8. The lowest BCUT2D eigenvalue weighted by Gasteiger charge is -2.40. The van der Waals surface area contributed by atoms with Crippen molar-refractivity contribution in [2.75, 3.05) is 33.2 Å². The van der Waals surface area contributed by atoms with Gasteiger partial charge in [0.25, 0.3) is 0 Å². The second-order valence-corrected chi connectivity index (χ2v) is 6.17. The van der Waals surface area contributed by atoms with Crippen LogP contribution >= 0.6 is 0 Å². The number of nitriles is 1. The van der Waals surface area contributed by atoms with Crippen LogP contribution in [0.4, 0.5) is 0 Å². The third kappa shape index (κ3) is 3.10. The molecule has 19 heavy (non-hydrogen) atoms. The summed E-state index contributed by atoms with van der Waals surface area (Å²) in [4.78, 5) is 5.20. The first-order chi connectivity index (χ1) is 9.14. The standard InChI is InChI=1S/C15H28N4/c1-4-13(2)18-7-9-19(10-8-18)14-5-6-15(11-14,12-16)17-3/h13-14,17H,4-11H2,1-3H3. The summed E-state index contributed by atoms with van der Waals surface area (Å²) in [6, 6.07) is 3.80. The fourth-order valence-electron chi connectivity index (χ4n) is 3.52. The van der Waals surface area contributed by atoms with Crippen molar-refractivity contribution in [2.45, 2.75) is 57.2 Å². The van der Waals surface area contributed by atoms with E-state index in [-0.39, 0.29) is 5.54 Å². The van der Waals surface area contributed by atoms with E-state index in [1.54, 1.807) is 0 Å². The normalized spacial score (nSPS) is 35.2. The predicted molar refractivity (Wildman–Crippen MR) is 77.9 cm³/mol. The first-order valence-corrected chi connectivity index (χ1v) is 7.72. The Kier molecular flexibility index (Phi) is 4.83. The van der Waals surface area contributed by atoms with Crippen LogP contribution in [0, 0.1) is 11.3 Å². The van der Waals surface area contributed by atoms with Crippen LogP contribution in [0.1, 0.15) is 39.5 Å². The van der Waals surface area contributed by atoms with Gasteiger partial charge in [-0.1, -0.05) is 6.92 Å². The fraction of sp³-hybridized carbons (Fsp3) is 0.933. The van der Waals surface area contributed by atoms with Gasteiger partial charge < -0.3 is 5.32 Å². The van der Waals surface area contributed by atoms with E-state index in [1.807, 2.05) is 7.05 Å². The Morgan fingerprint density at radius 1 is 1.37 bits per heavy atom. The smallest absolute Gasteiger partial charge is 0.108 e. The van der Waals surface area contributed by atoms with E-state index in [2.05, 4.69) is 35.0 Å². The van der Waals surface area contributed by atoms with Crippen LogP contribution in [0.15, 0.2) is 0 Å². The maximum Gasteiger partial charge on any atom is 0.108 e. The Balaban J connectivity index is 1.85. The Hall–Kier alpha value is -0.630. The number of nitrogens with zero attached hydrogens (tertiary/aromatic N) is 3. The lowest BCUT2D eigenvalue weighted by Crippen LogP contribution is -2.52. The molecule has 0 spiro atoms. The van der Waals surface area contributed by atoms with Gasteiger partial charge in [0.15, 0.2) is 0 Å². The predicted octanol–water partition coefficient (Wildman–Crippen LogP) is 1.44. The summed E-state index contributed by atoms with van der Waals surface area (Å²) in [5.41, 5.74) is -0.265. The zero-order valence-corrected chi connectivity index (χ0v) is 12.7. The molecule has 0 aromatic carbocycles. The second kappa shape index (κ2) is 6.21. The monoisotopic (exact) mass is 264 g/mol. The second-order valence-electron chi connectivity index (χ2n) is 6.17. The minimum atomic E-state index is -0.265. The molecule has 2 rings (SSSR count). The summed E-state index contributed by atoms with van der Waals surface area (Å²) in [6.45, 7) is 9.30. The minimum absolute atomic E-state index is 0.265. The lowest BCUT2D eigenvalue weighted by molar-refractivity contribution is 0.0726. The SMILES string of the molecule is CCC(C)N1CCN(C2CCC(C#N)(NC)C2)CC1. The molecule has 4 heteroatoms. The largest absolute Gasteiger partial charge is 0.302 e. The van der Waals surface area contributed by atoms with Crippen LogP contribution in [0.2, 0.25) is 0 Å².